The van der Waals surface area contributed by atoms with Crippen molar-refractivity contribution in [3.05, 3.63) is 35.0 Å². The summed E-state index contributed by atoms with van der Waals surface area (Å²) in [5.74, 6) is 0.821. The van der Waals surface area contributed by atoms with E-state index in [4.69, 9.17) is 14.0 Å². The summed E-state index contributed by atoms with van der Waals surface area (Å²) < 4.78 is 17.1. The molecule has 1 aromatic carbocycles. The molecule has 0 atom stereocenters. The van der Waals surface area contributed by atoms with Crippen molar-refractivity contribution in [2.24, 2.45) is 5.41 Å². The van der Waals surface area contributed by atoms with E-state index < -0.39 is 13.1 Å². The quantitative estimate of drug-likeness (QED) is 0.417. The van der Waals surface area contributed by atoms with Crippen molar-refractivity contribution in [1.82, 2.24) is 9.97 Å². The van der Waals surface area contributed by atoms with Gasteiger partial charge in [-0.1, -0.05) is 34.6 Å². The van der Waals surface area contributed by atoms with Gasteiger partial charge in [0.2, 0.25) is 5.95 Å². The van der Waals surface area contributed by atoms with E-state index in [1.165, 1.54) is 7.11 Å². The van der Waals surface area contributed by atoms with Crippen molar-refractivity contribution in [3.8, 4) is 0 Å². The van der Waals surface area contributed by atoms with Crippen LogP contribution in [0, 0.1) is 12.3 Å². The van der Waals surface area contributed by atoms with Crippen LogP contribution in [0.2, 0.25) is 0 Å². The summed E-state index contributed by atoms with van der Waals surface area (Å²) in [6.07, 6.45) is 4.50. The molecule has 8 nitrogen and oxygen atoms in total. The smallest absolute Gasteiger partial charge is 0.465 e. The molecule has 1 aliphatic rings. The van der Waals surface area contributed by atoms with Crippen LogP contribution in [0.4, 0.5) is 17.5 Å². The second-order valence-corrected chi connectivity index (χ2v) is 9.57. The first-order valence-electron chi connectivity index (χ1n) is 12.1. The van der Waals surface area contributed by atoms with Gasteiger partial charge >= 0.3 is 13.1 Å². The number of nitrogens with zero attached hydrogens (tertiary/aromatic N) is 2. The summed E-state index contributed by atoms with van der Waals surface area (Å²) >= 11 is 0. The number of aryl methyl sites for hydroxylation is 2. The fourth-order valence-electron chi connectivity index (χ4n) is 3.96. The Labute approximate surface area is 203 Å². The van der Waals surface area contributed by atoms with E-state index in [1.807, 2.05) is 19.9 Å². The van der Waals surface area contributed by atoms with Gasteiger partial charge in [-0.3, -0.25) is 0 Å². The van der Waals surface area contributed by atoms with Crippen molar-refractivity contribution in [2.75, 3.05) is 31.0 Å². The Bertz CT molecular complexity index is 1000. The first-order chi connectivity index (χ1) is 16.2. The predicted octanol–water partition coefficient (Wildman–Crippen LogP) is 4.25. The summed E-state index contributed by atoms with van der Waals surface area (Å²) in [6, 6.07) is 4.09. The minimum atomic E-state index is -0.613. The van der Waals surface area contributed by atoms with Gasteiger partial charge in [0.1, 0.15) is 5.82 Å². The lowest BCUT2D eigenvalue weighted by molar-refractivity contribution is 0.0339. The normalized spacial score (nSPS) is 15.4. The number of nitrogens with one attached hydrogen (secondary N) is 2. The Balaban J connectivity index is 1.95. The van der Waals surface area contributed by atoms with E-state index in [0.717, 1.165) is 35.2 Å². The molecule has 1 fully saturated rings. The number of carbonyl (C=O) groups excluding carboxylic acids is 1. The predicted molar refractivity (Wildman–Crippen MR) is 136 cm³/mol. The summed E-state index contributed by atoms with van der Waals surface area (Å²) in [4.78, 5) is 21.9. The van der Waals surface area contributed by atoms with E-state index >= 15 is 0 Å². The number of anilines is 3. The van der Waals surface area contributed by atoms with Gasteiger partial charge in [-0.25, -0.2) is 9.78 Å². The van der Waals surface area contributed by atoms with Crippen LogP contribution in [0.5, 0.6) is 0 Å². The van der Waals surface area contributed by atoms with Crippen LogP contribution in [-0.2, 0) is 20.5 Å². The summed E-state index contributed by atoms with van der Waals surface area (Å²) in [6.45, 7) is 13.6. The Morgan fingerprint density at radius 1 is 1.21 bits per heavy atom. The molecule has 2 heterocycles. The first-order valence-corrected chi connectivity index (χ1v) is 12.1. The molecule has 2 N–H and O–H groups in total. The third-order valence-electron chi connectivity index (χ3n) is 6.09. The monoisotopic (exact) mass is 468 g/mol. The van der Waals surface area contributed by atoms with Crippen LogP contribution < -0.4 is 16.1 Å². The maximum atomic E-state index is 12.8. The molecule has 34 heavy (non-hydrogen) atoms. The molecule has 0 aliphatic carbocycles. The highest BCUT2D eigenvalue weighted by atomic mass is 16.6. The van der Waals surface area contributed by atoms with Crippen molar-refractivity contribution in [3.63, 3.8) is 0 Å². The molecule has 9 heteroatoms. The van der Waals surface area contributed by atoms with Crippen LogP contribution in [0.1, 0.15) is 68.9 Å². The van der Waals surface area contributed by atoms with Gasteiger partial charge < -0.3 is 24.7 Å². The Morgan fingerprint density at radius 2 is 1.88 bits per heavy atom. The molecule has 1 aliphatic heterocycles. The van der Waals surface area contributed by atoms with E-state index in [1.54, 1.807) is 12.3 Å². The average Bonchev–Trinajstić information content (AvgIpc) is 2.83. The summed E-state index contributed by atoms with van der Waals surface area (Å²) in [5.41, 5.74) is 3.69. The van der Waals surface area contributed by atoms with Gasteiger partial charge in [-0.2, -0.15) is 4.98 Å². The number of esters is 1. The van der Waals surface area contributed by atoms with E-state index in [0.29, 0.717) is 42.9 Å². The van der Waals surface area contributed by atoms with Crippen molar-refractivity contribution in [2.45, 2.75) is 66.8 Å². The van der Waals surface area contributed by atoms with Crippen molar-refractivity contribution >= 4 is 36.0 Å². The molecule has 0 spiro atoms. The molecule has 2 aromatic rings. The Hall–Kier alpha value is -2.65. The standard InChI is InChI=1S/C25H37BN4O4/c1-8-17-11-19(29-24-27-13-16(4)22(30-24)28-18(9-2)10-3)12-20(23(31)32-7)21(17)26-33-14-25(5,6)15-34-26/h11-13,18H,8-10,14-15H2,1-7H3,(H2,27,28,29,30). The molecular formula is C25H37BN4O4. The minimum absolute atomic E-state index is 0.0706. The maximum absolute atomic E-state index is 12.8. The van der Waals surface area contributed by atoms with Crippen LogP contribution >= 0.6 is 0 Å². The van der Waals surface area contributed by atoms with Crippen LogP contribution in [0.3, 0.4) is 0 Å². The molecule has 1 saturated heterocycles. The van der Waals surface area contributed by atoms with Crippen molar-refractivity contribution in [1.29, 1.82) is 0 Å². The van der Waals surface area contributed by atoms with E-state index in [9.17, 15) is 4.79 Å². The fraction of sp³-hybridized carbons (Fsp3) is 0.560. The second-order valence-electron chi connectivity index (χ2n) is 9.57. The zero-order valence-corrected chi connectivity index (χ0v) is 21.4. The molecular weight excluding hydrogens is 431 g/mol. The number of rotatable bonds is 9. The molecule has 0 saturated carbocycles. The zero-order chi connectivity index (χ0) is 24.9. The summed E-state index contributed by atoms with van der Waals surface area (Å²) in [7, 11) is 0.764. The maximum Gasteiger partial charge on any atom is 0.495 e. The summed E-state index contributed by atoms with van der Waals surface area (Å²) in [5, 5.41) is 6.76. The van der Waals surface area contributed by atoms with Gasteiger partial charge in [-0.15, -0.1) is 0 Å². The first kappa shape index (κ1) is 26.0. The Morgan fingerprint density at radius 3 is 2.47 bits per heavy atom. The highest BCUT2D eigenvalue weighted by molar-refractivity contribution is 6.63. The molecule has 1 aromatic heterocycles. The SMILES string of the molecule is CCc1cc(Nc2ncc(C)c(NC(CC)CC)n2)cc(C(=O)OC)c1B1OCC(C)(C)CO1. The van der Waals surface area contributed by atoms with Gasteiger partial charge in [0.05, 0.1) is 12.7 Å². The highest BCUT2D eigenvalue weighted by Crippen LogP contribution is 2.25. The third-order valence-corrected chi connectivity index (χ3v) is 6.09. The highest BCUT2D eigenvalue weighted by Gasteiger charge is 2.37. The Kier molecular flexibility index (Phi) is 8.54. The van der Waals surface area contributed by atoms with E-state index in [-0.39, 0.29) is 5.41 Å². The minimum Gasteiger partial charge on any atom is -0.465 e. The average molecular weight is 468 g/mol. The van der Waals surface area contributed by atoms with Crippen molar-refractivity contribution < 1.29 is 18.8 Å². The molecule has 3 rings (SSSR count). The number of ether oxygens (including phenoxy) is 1. The van der Waals surface area contributed by atoms with Gasteiger partial charge in [-0.05, 0) is 43.9 Å². The molecule has 0 bridgehead atoms. The number of benzene rings is 1. The van der Waals surface area contributed by atoms with Crippen LogP contribution in [-0.4, -0.2) is 49.4 Å². The number of carbonyl (C=O) groups is 1. The largest absolute Gasteiger partial charge is 0.495 e. The van der Waals surface area contributed by atoms with Crippen LogP contribution in [0.15, 0.2) is 18.3 Å². The van der Waals surface area contributed by atoms with Crippen LogP contribution in [0.25, 0.3) is 0 Å². The fourth-order valence-corrected chi connectivity index (χ4v) is 3.96. The number of hydrogen-bond donors (Lipinski definition) is 2. The van der Waals surface area contributed by atoms with Gasteiger partial charge in [0.25, 0.3) is 0 Å². The number of hydrogen-bond acceptors (Lipinski definition) is 8. The van der Waals surface area contributed by atoms with E-state index in [2.05, 4.69) is 48.3 Å². The van der Waals surface area contributed by atoms with Gasteiger partial charge in [0.15, 0.2) is 0 Å². The number of methoxy groups -OCH3 is 1. The lowest BCUT2D eigenvalue weighted by Gasteiger charge is -2.34. The zero-order valence-electron chi connectivity index (χ0n) is 21.4. The molecule has 184 valence electrons. The second kappa shape index (κ2) is 11.2. The lowest BCUT2D eigenvalue weighted by Crippen LogP contribution is -2.50. The molecule has 0 radical (unpaired) electrons. The number of aromatic nitrogens is 2. The molecule has 0 amide bonds. The topological polar surface area (TPSA) is 94.6 Å². The third kappa shape index (κ3) is 6.07. The lowest BCUT2D eigenvalue weighted by atomic mass is 9.70. The molecule has 0 unspecified atom stereocenters. The van der Waals surface area contributed by atoms with Gasteiger partial charge in [0, 0.05) is 47.6 Å².